The highest BCUT2D eigenvalue weighted by Crippen LogP contribution is 2.32. The van der Waals surface area contributed by atoms with Gasteiger partial charge in [0.15, 0.2) is 23.3 Å². The maximum absolute atomic E-state index is 5.42. The predicted molar refractivity (Wildman–Crippen MR) is 97.4 cm³/mol. The Morgan fingerprint density at radius 2 is 2.12 bits per heavy atom. The van der Waals surface area contributed by atoms with Crippen LogP contribution >= 0.6 is 0 Å². The summed E-state index contributed by atoms with van der Waals surface area (Å²) in [7, 11) is 1.77. The van der Waals surface area contributed by atoms with Crippen LogP contribution in [0.5, 0.6) is 11.5 Å². The molecule has 2 aliphatic heterocycles. The number of fused-ring (bicyclic) bond motifs is 2. The quantitative estimate of drug-likeness (QED) is 0.620. The number of nitrogens with zero attached hydrogens (tertiary/aromatic N) is 4. The molecule has 2 aliphatic rings. The minimum absolute atomic E-state index is 0.305. The first-order valence-corrected chi connectivity index (χ1v) is 9.07. The Morgan fingerprint density at radius 3 is 3.04 bits per heavy atom. The van der Waals surface area contributed by atoms with E-state index in [0.717, 1.165) is 55.0 Å². The summed E-state index contributed by atoms with van der Waals surface area (Å²) in [6.07, 6.45) is 4.29. The van der Waals surface area contributed by atoms with E-state index in [1.165, 1.54) is 18.4 Å². The van der Waals surface area contributed by atoms with Crippen LogP contribution in [-0.4, -0.2) is 41.1 Å². The molecule has 0 unspecified atom stereocenters. The molecule has 1 aromatic carbocycles. The highest BCUT2D eigenvalue weighted by Gasteiger charge is 2.16. The molecule has 8 heteroatoms. The van der Waals surface area contributed by atoms with E-state index in [0.29, 0.717) is 13.3 Å². The Morgan fingerprint density at radius 1 is 1.19 bits per heavy atom. The number of hydrogen-bond donors (Lipinski definition) is 2. The van der Waals surface area contributed by atoms with Crippen LogP contribution in [0.4, 0.5) is 0 Å². The number of guanidine groups is 1. The minimum Gasteiger partial charge on any atom is -0.454 e. The zero-order valence-electron chi connectivity index (χ0n) is 15.0. The van der Waals surface area contributed by atoms with Gasteiger partial charge in [-0.3, -0.25) is 4.99 Å². The van der Waals surface area contributed by atoms with Crippen molar-refractivity contribution in [3.05, 3.63) is 35.4 Å². The molecule has 3 heterocycles. The molecule has 4 rings (SSSR count). The van der Waals surface area contributed by atoms with Gasteiger partial charge in [0.05, 0.1) is 6.54 Å². The minimum atomic E-state index is 0.305. The smallest absolute Gasteiger partial charge is 0.231 e. The molecule has 0 spiro atoms. The first-order chi connectivity index (χ1) is 12.8. The molecule has 8 nitrogen and oxygen atoms in total. The van der Waals surface area contributed by atoms with Gasteiger partial charge in [0.2, 0.25) is 6.79 Å². The van der Waals surface area contributed by atoms with Crippen molar-refractivity contribution < 1.29 is 9.47 Å². The maximum atomic E-state index is 5.42. The standard InChI is InChI=1S/C18H24N6O2/c1-19-18(21-11-17-23-22-16-4-2-3-9-24(16)17)20-8-7-13-5-6-14-15(10-13)26-12-25-14/h5-6,10H,2-4,7-9,11-12H2,1H3,(H2,19,20,21). The largest absolute Gasteiger partial charge is 0.454 e. The Bertz CT molecular complexity index is 801. The van der Waals surface area contributed by atoms with Crippen molar-refractivity contribution in [2.24, 2.45) is 4.99 Å². The van der Waals surface area contributed by atoms with Gasteiger partial charge in [-0.15, -0.1) is 10.2 Å². The molecule has 0 atom stereocenters. The van der Waals surface area contributed by atoms with Gasteiger partial charge in [-0.1, -0.05) is 6.07 Å². The zero-order valence-corrected chi connectivity index (χ0v) is 15.0. The van der Waals surface area contributed by atoms with Gasteiger partial charge in [-0.2, -0.15) is 0 Å². The summed E-state index contributed by atoms with van der Waals surface area (Å²) in [6, 6.07) is 6.05. The van der Waals surface area contributed by atoms with Crippen molar-refractivity contribution in [2.75, 3.05) is 20.4 Å². The lowest BCUT2D eigenvalue weighted by Crippen LogP contribution is -2.38. The summed E-state index contributed by atoms with van der Waals surface area (Å²) < 4.78 is 13.0. The van der Waals surface area contributed by atoms with Crippen molar-refractivity contribution in [3.63, 3.8) is 0 Å². The van der Waals surface area contributed by atoms with Crippen molar-refractivity contribution in [3.8, 4) is 11.5 Å². The van der Waals surface area contributed by atoms with Gasteiger partial charge >= 0.3 is 0 Å². The van der Waals surface area contributed by atoms with E-state index in [4.69, 9.17) is 9.47 Å². The Balaban J connectivity index is 1.26. The highest BCUT2D eigenvalue weighted by molar-refractivity contribution is 5.79. The number of aryl methyl sites for hydroxylation is 1. The molecule has 2 aromatic rings. The Kier molecular flexibility index (Phi) is 4.90. The van der Waals surface area contributed by atoms with Crippen LogP contribution in [0.3, 0.4) is 0 Å². The number of aliphatic imine (C=N–C) groups is 1. The van der Waals surface area contributed by atoms with Gasteiger partial charge in [0.1, 0.15) is 5.82 Å². The Hall–Kier alpha value is -2.77. The third-order valence-corrected chi connectivity index (χ3v) is 4.72. The summed E-state index contributed by atoms with van der Waals surface area (Å²) in [4.78, 5) is 4.28. The van der Waals surface area contributed by atoms with Crippen LogP contribution < -0.4 is 20.1 Å². The molecule has 0 fully saturated rings. The van der Waals surface area contributed by atoms with Crippen LogP contribution in [0.1, 0.15) is 30.1 Å². The molecule has 0 aliphatic carbocycles. The van der Waals surface area contributed by atoms with Crippen LogP contribution in [0, 0.1) is 0 Å². The highest BCUT2D eigenvalue weighted by atomic mass is 16.7. The molecule has 0 radical (unpaired) electrons. The summed E-state index contributed by atoms with van der Waals surface area (Å²) >= 11 is 0. The van der Waals surface area contributed by atoms with Crippen LogP contribution in [0.15, 0.2) is 23.2 Å². The molecule has 138 valence electrons. The van der Waals surface area contributed by atoms with E-state index in [-0.39, 0.29) is 0 Å². The fourth-order valence-corrected chi connectivity index (χ4v) is 3.30. The molecule has 1 aromatic heterocycles. The molecule has 0 saturated carbocycles. The molecule has 2 N–H and O–H groups in total. The lowest BCUT2D eigenvalue weighted by molar-refractivity contribution is 0.174. The first-order valence-electron chi connectivity index (χ1n) is 9.07. The summed E-state index contributed by atoms with van der Waals surface area (Å²) in [5.41, 5.74) is 1.20. The van der Waals surface area contributed by atoms with Crippen LogP contribution in [0.25, 0.3) is 0 Å². The van der Waals surface area contributed by atoms with Gasteiger partial charge in [-0.25, -0.2) is 0 Å². The third-order valence-electron chi connectivity index (χ3n) is 4.72. The second kappa shape index (κ2) is 7.63. The first kappa shape index (κ1) is 16.7. The Labute approximate surface area is 152 Å². The van der Waals surface area contributed by atoms with Gasteiger partial charge in [0, 0.05) is 26.6 Å². The third kappa shape index (κ3) is 3.58. The number of ether oxygens (including phenoxy) is 2. The maximum Gasteiger partial charge on any atom is 0.231 e. The topological polar surface area (TPSA) is 85.6 Å². The van der Waals surface area contributed by atoms with Gasteiger partial charge < -0.3 is 24.7 Å². The second-order valence-corrected chi connectivity index (χ2v) is 6.43. The van der Waals surface area contributed by atoms with E-state index in [1.54, 1.807) is 7.05 Å². The number of benzene rings is 1. The number of nitrogens with one attached hydrogen (secondary N) is 2. The average molecular weight is 356 g/mol. The van der Waals surface area contributed by atoms with E-state index < -0.39 is 0 Å². The van der Waals surface area contributed by atoms with E-state index >= 15 is 0 Å². The lowest BCUT2D eigenvalue weighted by Gasteiger charge is -2.16. The number of hydrogen-bond acceptors (Lipinski definition) is 5. The van der Waals surface area contributed by atoms with E-state index in [2.05, 4.69) is 36.5 Å². The molecule has 0 amide bonds. The molecule has 26 heavy (non-hydrogen) atoms. The summed E-state index contributed by atoms with van der Waals surface area (Å²) in [5, 5.41) is 15.2. The SMILES string of the molecule is CN=C(NCCc1ccc2c(c1)OCO2)NCc1nnc2n1CCCC2. The summed E-state index contributed by atoms with van der Waals surface area (Å²) in [5.74, 6) is 4.47. The molecule has 0 saturated heterocycles. The van der Waals surface area contributed by atoms with Crippen molar-refractivity contribution in [1.82, 2.24) is 25.4 Å². The van der Waals surface area contributed by atoms with Crippen LogP contribution in [0.2, 0.25) is 0 Å². The average Bonchev–Trinajstić information content (AvgIpc) is 3.31. The van der Waals surface area contributed by atoms with Crippen molar-refractivity contribution in [2.45, 2.75) is 38.8 Å². The van der Waals surface area contributed by atoms with E-state index in [1.807, 2.05) is 12.1 Å². The fraction of sp³-hybridized carbons (Fsp3) is 0.500. The van der Waals surface area contributed by atoms with Crippen LogP contribution in [-0.2, 0) is 25.9 Å². The van der Waals surface area contributed by atoms with Gasteiger partial charge in [-0.05, 0) is 37.0 Å². The zero-order chi connectivity index (χ0) is 17.8. The molecular weight excluding hydrogens is 332 g/mol. The van der Waals surface area contributed by atoms with Crippen molar-refractivity contribution >= 4 is 5.96 Å². The normalized spacial score (nSPS) is 15.7. The summed E-state index contributed by atoms with van der Waals surface area (Å²) in [6.45, 7) is 2.71. The lowest BCUT2D eigenvalue weighted by atomic mass is 10.1. The fourth-order valence-electron chi connectivity index (χ4n) is 3.30. The van der Waals surface area contributed by atoms with Gasteiger partial charge in [0.25, 0.3) is 0 Å². The monoisotopic (exact) mass is 356 g/mol. The molecule has 0 bridgehead atoms. The van der Waals surface area contributed by atoms with Crippen molar-refractivity contribution in [1.29, 1.82) is 0 Å². The number of rotatable bonds is 5. The second-order valence-electron chi connectivity index (χ2n) is 6.43. The van der Waals surface area contributed by atoms with E-state index in [9.17, 15) is 0 Å². The molecular formula is C18H24N6O2. The predicted octanol–water partition coefficient (Wildman–Crippen LogP) is 1.25. The number of aromatic nitrogens is 3.